The van der Waals surface area contributed by atoms with Gasteiger partial charge in [-0.1, -0.05) is 31.7 Å². The molecule has 1 N–H and O–H groups in total. The molecule has 0 unspecified atom stereocenters. The van der Waals surface area contributed by atoms with E-state index < -0.39 is 10.7 Å². The molecule has 1 heterocycles. The van der Waals surface area contributed by atoms with Gasteiger partial charge in [0.15, 0.2) is 0 Å². The van der Waals surface area contributed by atoms with Crippen molar-refractivity contribution in [1.29, 1.82) is 0 Å². The summed E-state index contributed by atoms with van der Waals surface area (Å²) in [6.07, 6.45) is 2.88. The van der Waals surface area contributed by atoms with E-state index in [0.29, 0.717) is 12.8 Å². The average molecular weight is 225 g/mol. The van der Waals surface area contributed by atoms with Crippen molar-refractivity contribution in [2.24, 2.45) is 0 Å². The van der Waals surface area contributed by atoms with Crippen molar-refractivity contribution in [3.05, 3.63) is 24.4 Å². The minimum atomic E-state index is -0.761. The summed E-state index contributed by atoms with van der Waals surface area (Å²) in [6.45, 7) is 3.79. The fraction of sp³-hybridized carbons (Fsp3) is 0.455. The highest BCUT2D eigenvalue weighted by molar-refractivity contribution is 8.01. The minimum Gasteiger partial charge on any atom is -0.480 e. The fourth-order valence-corrected chi connectivity index (χ4v) is 2.38. The summed E-state index contributed by atoms with van der Waals surface area (Å²) in [5.41, 5.74) is 0. The number of aromatic nitrogens is 1. The Labute approximate surface area is 93.9 Å². The Morgan fingerprint density at radius 1 is 1.47 bits per heavy atom. The zero-order valence-corrected chi connectivity index (χ0v) is 9.75. The SMILES string of the molecule is CCC(CC)(Sc1ccccn1)C(=O)O. The van der Waals surface area contributed by atoms with Crippen molar-refractivity contribution in [3.8, 4) is 0 Å². The third kappa shape index (κ3) is 2.72. The van der Waals surface area contributed by atoms with Gasteiger partial charge in [0.2, 0.25) is 0 Å². The first kappa shape index (κ1) is 12.0. The summed E-state index contributed by atoms with van der Waals surface area (Å²) in [5.74, 6) is -0.761. The molecule has 0 fully saturated rings. The molecule has 4 heteroatoms. The predicted octanol–water partition coefficient (Wildman–Crippen LogP) is 2.82. The van der Waals surface area contributed by atoms with E-state index in [1.165, 1.54) is 11.8 Å². The lowest BCUT2D eigenvalue weighted by Crippen LogP contribution is -2.33. The second-order valence-corrected chi connectivity index (χ2v) is 4.68. The molecule has 1 rings (SSSR count). The molecule has 3 nitrogen and oxygen atoms in total. The van der Waals surface area contributed by atoms with Gasteiger partial charge in [-0.2, -0.15) is 0 Å². The van der Waals surface area contributed by atoms with Gasteiger partial charge >= 0.3 is 5.97 Å². The van der Waals surface area contributed by atoms with Crippen molar-refractivity contribution < 1.29 is 9.90 Å². The second-order valence-electron chi connectivity index (χ2n) is 3.28. The van der Waals surface area contributed by atoms with Crippen LogP contribution in [-0.2, 0) is 4.79 Å². The monoisotopic (exact) mass is 225 g/mol. The molecule has 0 spiro atoms. The maximum Gasteiger partial charge on any atom is 0.320 e. The number of hydrogen-bond acceptors (Lipinski definition) is 3. The van der Waals surface area contributed by atoms with Gasteiger partial charge in [0.05, 0.1) is 5.03 Å². The molecule has 15 heavy (non-hydrogen) atoms. The normalized spacial score (nSPS) is 11.3. The van der Waals surface area contributed by atoms with Crippen LogP contribution in [0.1, 0.15) is 26.7 Å². The van der Waals surface area contributed by atoms with Gasteiger partial charge in [0.25, 0.3) is 0 Å². The van der Waals surface area contributed by atoms with Crippen LogP contribution in [0, 0.1) is 0 Å². The Morgan fingerprint density at radius 2 is 2.13 bits per heavy atom. The number of nitrogens with zero attached hydrogens (tertiary/aromatic N) is 1. The van der Waals surface area contributed by atoms with E-state index >= 15 is 0 Å². The van der Waals surface area contributed by atoms with Gasteiger partial charge < -0.3 is 5.11 Å². The molecule has 0 radical (unpaired) electrons. The Morgan fingerprint density at radius 3 is 2.53 bits per heavy atom. The number of thioether (sulfide) groups is 1. The molecule has 0 atom stereocenters. The maximum atomic E-state index is 11.2. The van der Waals surface area contributed by atoms with Crippen LogP contribution in [0.2, 0.25) is 0 Å². The number of hydrogen-bond donors (Lipinski definition) is 1. The number of aliphatic carboxylic acids is 1. The van der Waals surface area contributed by atoms with Gasteiger partial charge in [-0.05, 0) is 25.0 Å². The van der Waals surface area contributed by atoms with Gasteiger partial charge in [-0.25, -0.2) is 4.98 Å². The van der Waals surface area contributed by atoms with E-state index in [-0.39, 0.29) is 0 Å². The maximum absolute atomic E-state index is 11.2. The number of carboxylic acid groups (broad SMARTS) is 1. The van der Waals surface area contributed by atoms with E-state index in [1.54, 1.807) is 6.20 Å². The molecule has 1 aromatic heterocycles. The first-order chi connectivity index (χ1) is 7.14. The second kappa shape index (κ2) is 5.16. The molecule has 0 saturated heterocycles. The van der Waals surface area contributed by atoms with Gasteiger partial charge in [0.1, 0.15) is 4.75 Å². The number of pyridine rings is 1. The van der Waals surface area contributed by atoms with Crippen molar-refractivity contribution >= 4 is 17.7 Å². The van der Waals surface area contributed by atoms with Crippen LogP contribution < -0.4 is 0 Å². The first-order valence-electron chi connectivity index (χ1n) is 4.98. The summed E-state index contributed by atoms with van der Waals surface area (Å²) < 4.78 is -0.742. The molecule has 1 aromatic rings. The van der Waals surface area contributed by atoms with Crippen LogP contribution in [0.4, 0.5) is 0 Å². The van der Waals surface area contributed by atoms with Gasteiger partial charge in [-0.15, -0.1) is 0 Å². The summed E-state index contributed by atoms with van der Waals surface area (Å²) in [4.78, 5) is 15.4. The molecule has 0 saturated carbocycles. The highest BCUT2D eigenvalue weighted by Gasteiger charge is 2.36. The van der Waals surface area contributed by atoms with Crippen molar-refractivity contribution in [3.63, 3.8) is 0 Å². The first-order valence-corrected chi connectivity index (χ1v) is 5.79. The molecule has 0 bridgehead atoms. The van der Waals surface area contributed by atoms with Crippen molar-refractivity contribution in [2.75, 3.05) is 0 Å². The molecule has 0 aliphatic heterocycles. The van der Waals surface area contributed by atoms with E-state index in [1.807, 2.05) is 32.0 Å². The lowest BCUT2D eigenvalue weighted by atomic mass is 10.0. The fourth-order valence-electron chi connectivity index (χ4n) is 1.35. The predicted molar refractivity (Wildman–Crippen MR) is 61.0 cm³/mol. The van der Waals surface area contributed by atoms with Gasteiger partial charge in [-0.3, -0.25) is 4.79 Å². The lowest BCUT2D eigenvalue weighted by molar-refractivity contribution is -0.140. The minimum absolute atomic E-state index is 0.597. The van der Waals surface area contributed by atoms with Crippen LogP contribution in [-0.4, -0.2) is 20.8 Å². The third-order valence-corrected chi connectivity index (χ3v) is 4.06. The topological polar surface area (TPSA) is 50.2 Å². The van der Waals surface area contributed by atoms with Crippen LogP contribution in [0.5, 0.6) is 0 Å². The summed E-state index contributed by atoms with van der Waals surface area (Å²) >= 11 is 1.33. The Bertz CT molecular complexity index is 323. The number of carboxylic acids is 1. The third-order valence-electron chi connectivity index (χ3n) is 2.47. The van der Waals surface area contributed by atoms with Crippen LogP contribution in [0.25, 0.3) is 0 Å². The molecule has 0 aromatic carbocycles. The van der Waals surface area contributed by atoms with Crippen molar-refractivity contribution in [1.82, 2.24) is 4.98 Å². The molecule has 0 aliphatic rings. The smallest absolute Gasteiger partial charge is 0.320 e. The molecule has 82 valence electrons. The molecular formula is C11H15NO2S. The summed E-state index contributed by atoms with van der Waals surface area (Å²) in [7, 11) is 0. The van der Waals surface area contributed by atoms with E-state index in [4.69, 9.17) is 0 Å². The molecule has 0 aliphatic carbocycles. The van der Waals surface area contributed by atoms with Crippen LogP contribution >= 0.6 is 11.8 Å². The van der Waals surface area contributed by atoms with Gasteiger partial charge in [0, 0.05) is 6.20 Å². The van der Waals surface area contributed by atoms with E-state index in [9.17, 15) is 9.90 Å². The average Bonchev–Trinajstić information content (AvgIpc) is 2.27. The number of carbonyl (C=O) groups is 1. The molecular weight excluding hydrogens is 210 g/mol. The summed E-state index contributed by atoms with van der Waals surface area (Å²) in [6, 6.07) is 5.53. The van der Waals surface area contributed by atoms with Crippen molar-refractivity contribution in [2.45, 2.75) is 36.5 Å². The molecule has 0 amide bonds. The Balaban J connectivity index is 2.89. The van der Waals surface area contributed by atoms with Crippen LogP contribution in [0.15, 0.2) is 29.4 Å². The lowest BCUT2D eigenvalue weighted by Gasteiger charge is -2.25. The van der Waals surface area contributed by atoms with E-state index in [0.717, 1.165) is 5.03 Å². The zero-order chi connectivity index (χ0) is 11.3. The zero-order valence-electron chi connectivity index (χ0n) is 8.93. The van der Waals surface area contributed by atoms with Crippen LogP contribution in [0.3, 0.4) is 0 Å². The number of rotatable bonds is 5. The Hall–Kier alpha value is -1.03. The largest absolute Gasteiger partial charge is 0.480 e. The Kier molecular flexibility index (Phi) is 4.15. The quantitative estimate of drug-likeness (QED) is 0.783. The van der Waals surface area contributed by atoms with E-state index in [2.05, 4.69) is 4.98 Å². The highest BCUT2D eigenvalue weighted by Crippen LogP contribution is 2.37. The standard InChI is InChI=1S/C11H15NO2S/c1-3-11(4-2,10(13)14)15-9-7-5-6-8-12-9/h5-8H,3-4H2,1-2H3,(H,13,14). The summed E-state index contributed by atoms with van der Waals surface area (Å²) in [5, 5.41) is 10.0. The highest BCUT2D eigenvalue weighted by atomic mass is 32.2.